The monoisotopic (exact) mass is 419 g/mol. The van der Waals surface area contributed by atoms with Crippen LogP contribution in [-0.2, 0) is 0 Å². The van der Waals surface area contributed by atoms with Crippen LogP contribution >= 0.6 is 0 Å². The van der Waals surface area contributed by atoms with Crippen LogP contribution in [-0.4, -0.2) is 33.0 Å². The van der Waals surface area contributed by atoms with Gasteiger partial charge in [-0.15, -0.1) is 10.2 Å². The summed E-state index contributed by atoms with van der Waals surface area (Å²) in [7, 11) is 0. The second kappa shape index (κ2) is 8.78. The van der Waals surface area contributed by atoms with E-state index in [4.69, 9.17) is 14.9 Å². The van der Waals surface area contributed by atoms with Crippen molar-refractivity contribution in [3.63, 3.8) is 0 Å². The molecule has 31 heavy (non-hydrogen) atoms. The van der Waals surface area contributed by atoms with Crippen molar-refractivity contribution in [3.05, 3.63) is 63.8 Å². The molecule has 9 heteroatoms. The molecule has 4 aromatic rings. The minimum atomic E-state index is -0.466. The third-order valence-electron chi connectivity index (χ3n) is 4.88. The van der Waals surface area contributed by atoms with Crippen molar-refractivity contribution in [2.24, 2.45) is 0 Å². The van der Waals surface area contributed by atoms with Crippen molar-refractivity contribution in [2.75, 3.05) is 12.3 Å². The second-order valence-electron chi connectivity index (χ2n) is 7.00. The molecule has 3 N–H and O–H groups in total. The Kier molecular flexibility index (Phi) is 5.74. The molecular formula is C22H21N5O4. The van der Waals surface area contributed by atoms with Crippen LogP contribution in [0.1, 0.15) is 42.1 Å². The number of nitrogens with zero attached hydrogens (tertiary/aromatic N) is 3. The fraction of sp³-hybridized carbons (Fsp3) is 0.227. The fourth-order valence-electron chi connectivity index (χ4n) is 3.23. The summed E-state index contributed by atoms with van der Waals surface area (Å²) < 4.78 is 11.5. The summed E-state index contributed by atoms with van der Waals surface area (Å²) in [6, 6.07) is 11.6. The molecule has 0 unspecified atom stereocenters. The lowest BCUT2D eigenvalue weighted by Crippen LogP contribution is -2.12. The average molecular weight is 419 g/mol. The first-order valence-electron chi connectivity index (χ1n) is 9.96. The largest absolute Gasteiger partial charge is 0.494 e. The number of H-pyrrole nitrogens is 1. The minimum absolute atomic E-state index is 0.0309. The normalized spacial score (nSPS) is 11.0. The van der Waals surface area contributed by atoms with Gasteiger partial charge in [0, 0.05) is 5.56 Å². The Hall–Kier alpha value is -4.01. The molecule has 0 fully saturated rings. The summed E-state index contributed by atoms with van der Waals surface area (Å²) in [6.07, 6.45) is 3.22. The molecule has 2 aromatic heterocycles. The number of nitrogens with two attached hydrogens (primary N) is 1. The number of para-hydroxylation sites is 1. The lowest BCUT2D eigenvalue weighted by atomic mass is 10.0. The maximum absolute atomic E-state index is 13.2. The molecule has 158 valence electrons. The van der Waals surface area contributed by atoms with Crippen molar-refractivity contribution in [2.45, 2.75) is 26.2 Å². The summed E-state index contributed by atoms with van der Waals surface area (Å²) in [5.74, 6) is 0.394. The Morgan fingerprint density at radius 2 is 1.97 bits per heavy atom. The van der Waals surface area contributed by atoms with E-state index in [1.165, 1.54) is 0 Å². The highest BCUT2D eigenvalue weighted by Gasteiger charge is 2.21. The molecule has 0 atom stereocenters. The molecule has 0 bridgehead atoms. The molecule has 0 saturated carbocycles. The highest BCUT2D eigenvalue weighted by molar-refractivity contribution is 6.15. The minimum Gasteiger partial charge on any atom is -0.494 e. The van der Waals surface area contributed by atoms with Crippen molar-refractivity contribution < 1.29 is 13.9 Å². The fourth-order valence-corrected chi connectivity index (χ4v) is 3.23. The number of nitrogen functional groups attached to an aromatic ring is 1. The molecule has 4 rings (SSSR count). The zero-order valence-electron chi connectivity index (χ0n) is 16.9. The third-order valence-corrected chi connectivity index (χ3v) is 4.88. The number of ether oxygens (including phenoxy) is 1. The Morgan fingerprint density at radius 1 is 1.16 bits per heavy atom. The average Bonchev–Trinajstić information content (AvgIpc) is 3.33. The Morgan fingerprint density at radius 3 is 2.68 bits per heavy atom. The van der Waals surface area contributed by atoms with Gasteiger partial charge < -0.3 is 14.9 Å². The van der Waals surface area contributed by atoms with Gasteiger partial charge >= 0.3 is 0 Å². The van der Waals surface area contributed by atoms with E-state index < -0.39 is 5.43 Å². The predicted molar refractivity (Wildman–Crippen MR) is 115 cm³/mol. The summed E-state index contributed by atoms with van der Waals surface area (Å²) in [4.78, 5) is 25.9. The SMILES string of the molecule is CCCCCOc1ccc(C(=O)c2cccc3c(=O)c(N)c(-c4nn[nH]n4)oc23)cc1. The van der Waals surface area contributed by atoms with Gasteiger partial charge in [0.05, 0.1) is 17.6 Å². The first kappa shape index (κ1) is 20.3. The summed E-state index contributed by atoms with van der Waals surface area (Å²) in [5, 5.41) is 13.6. The lowest BCUT2D eigenvalue weighted by molar-refractivity contribution is 0.103. The molecule has 2 heterocycles. The summed E-state index contributed by atoms with van der Waals surface area (Å²) >= 11 is 0. The highest BCUT2D eigenvalue weighted by Crippen LogP contribution is 2.28. The van der Waals surface area contributed by atoms with Crippen LogP contribution < -0.4 is 15.9 Å². The van der Waals surface area contributed by atoms with Crippen LogP contribution in [0.4, 0.5) is 5.69 Å². The molecule has 0 radical (unpaired) electrons. The molecule has 0 aliphatic rings. The smallest absolute Gasteiger partial charge is 0.242 e. The van der Waals surface area contributed by atoms with Gasteiger partial charge in [0.15, 0.2) is 5.78 Å². The Balaban J connectivity index is 1.69. The first-order chi connectivity index (χ1) is 15.1. The number of unbranched alkanes of at least 4 members (excludes halogenated alkanes) is 2. The number of hydrogen-bond acceptors (Lipinski definition) is 8. The van der Waals surface area contributed by atoms with Gasteiger partial charge in [0.25, 0.3) is 0 Å². The number of tetrazole rings is 1. The molecule has 0 amide bonds. The Labute approximate surface area is 177 Å². The van der Waals surface area contributed by atoms with Crippen molar-refractivity contribution in [1.82, 2.24) is 20.6 Å². The molecular weight excluding hydrogens is 398 g/mol. The molecule has 0 spiro atoms. The first-order valence-corrected chi connectivity index (χ1v) is 9.96. The number of rotatable bonds is 8. The van der Waals surface area contributed by atoms with E-state index in [1.54, 1.807) is 42.5 Å². The topological polar surface area (TPSA) is 137 Å². The van der Waals surface area contributed by atoms with Gasteiger partial charge in [-0.25, -0.2) is 0 Å². The number of aromatic nitrogens is 4. The number of carbonyl (C=O) groups is 1. The summed E-state index contributed by atoms with van der Waals surface area (Å²) in [6.45, 7) is 2.77. The zero-order valence-corrected chi connectivity index (χ0v) is 16.9. The molecule has 9 nitrogen and oxygen atoms in total. The van der Waals surface area contributed by atoms with Crippen LogP contribution in [0.15, 0.2) is 51.7 Å². The standard InChI is InChI=1S/C22H21N5O4/c1-2-3-4-12-30-14-10-8-13(9-11-14)18(28)15-6-5-7-16-19(29)17(23)21(31-20(15)16)22-24-26-27-25-22/h5-11H,2-4,12,23H2,1H3,(H,24,25,26,27). The van der Waals surface area contributed by atoms with Crippen LogP contribution in [0.3, 0.4) is 0 Å². The maximum Gasteiger partial charge on any atom is 0.242 e. The number of fused-ring (bicyclic) bond motifs is 1. The van der Waals surface area contributed by atoms with Crippen LogP contribution in [0.2, 0.25) is 0 Å². The van der Waals surface area contributed by atoms with E-state index in [0.29, 0.717) is 17.9 Å². The maximum atomic E-state index is 13.2. The van der Waals surface area contributed by atoms with Crippen molar-refractivity contribution in [1.29, 1.82) is 0 Å². The Bertz CT molecular complexity index is 1260. The number of ketones is 1. The number of carbonyl (C=O) groups excluding carboxylic acids is 1. The van der Waals surface area contributed by atoms with Crippen molar-refractivity contribution >= 4 is 22.4 Å². The van der Waals surface area contributed by atoms with E-state index in [0.717, 1.165) is 19.3 Å². The van der Waals surface area contributed by atoms with Crippen LogP contribution in [0.25, 0.3) is 22.6 Å². The summed E-state index contributed by atoms with van der Waals surface area (Å²) in [5.41, 5.74) is 6.10. The van der Waals surface area contributed by atoms with Gasteiger partial charge in [-0.1, -0.05) is 25.8 Å². The van der Waals surface area contributed by atoms with Gasteiger partial charge in [0.1, 0.15) is 17.0 Å². The van der Waals surface area contributed by atoms with E-state index in [1.807, 2.05) is 0 Å². The van der Waals surface area contributed by atoms with E-state index >= 15 is 0 Å². The van der Waals surface area contributed by atoms with E-state index in [9.17, 15) is 9.59 Å². The zero-order chi connectivity index (χ0) is 21.8. The second-order valence-corrected chi connectivity index (χ2v) is 7.00. The number of hydrogen-bond donors (Lipinski definition) is 2. The van der Waals surface area contributed by atoms with E-state index in [2.05, 4.69) is 27.5 Å². The molecule has 2 aromatic carbocycles. The third kappa shape index (κ3) is 4.02. The number of benzene rings is 2. The van der Waals surface area contributed by atoms with Crippen LogP contribution in [0, 0.1) is 0 Å². The van der Waals surface area contributed by atoms with Gasteiger partial charge in [0.2, 0.25) is 17.0 Å². The number of anilines is 1. The molecule has 0 aliphatic carbocycles. The quantitative estimate of drug-likeness (QED) is 0.328. The number of aromatic amines is 1. The predicted octanol–water partition coefficient (Wildman–Crippen LogP) is 3.36. The highest BCUT2D eigenvalue weighted by atomic mass is 16.5. The number of nitrogens with one attached hydrogen (secondary N) is 1. The van der Waals surface area contributed by atoms with Gasteiger partial charge in [-0.05, 0) is 48.0 Å². The lowest BCUT2D eigenvalue weighted by Gasteiger charge is -2.09. The van der Waals surface area contributed by atoms with E-state index in [-0.39, 0.29) is 39.6 Å². The van der Waals surface area contributed by atoms with Crippen LogP contribution in [0.5, 0.6) is 5.75 Å². The van der Waals surface area contributed by atoms with Gasteiger partial charge in [-0.3, -0.25) is 9.59 Å². The van der Waals surface area contributed by atoms with Gasteiger partial charge in [-0.2, -0.15) is 5.21 Å². The molecule has 0 aliphatic heterocycles. The van der Waals surface area contributed by atoms with Crippen molar-refractivity contribution in [3.8, 4) is 17.3 Å². The molecule has 0 saturated heterocycles.